The average molecular weight is 298 g/mol. The van der Waals surface area contributed by atoms with E-state index in [1.165, 1.54) is 32.5 Å². The second-order valence-corrected chi connectivity index (χ2v) is 7.94. The Hall–Kier alpha value is -0.770. The van der Waals surface area contributed by atoms with Gasteiger partial charge in [0, 0.05) is 19.1 Å². The van der Waals surface area contributed by atoms with Crippen LogP contribution in [0.1, 0.15) is 60.8 Å². The van der Waals surface area contributed by atoms with Crippen LogP contribution >= 0.6 is 0 Å². The van der Waals surface area contributed by atoms with Gasteiger partial charge in [-0.15, -0.1) is 0 Å². The highest BCUT2D eigenvalue weighted by molar-refractivity contribution is 5.67. The maximum Gasteiger partial charge on any atom is 0.407 e. The summed E-state index contributed by atoms with van der Waals surface area (Å²) in [5.74, 6) is 1.41. The number of piperidine rings is 1. The number of carbonyl (C=O) groups excluding carboxylic acids is 1. The Balaban J connectivity index is 2.33. The summed E-state index contributed by atoms with van der Waals surface area (Å²) in [5, 5.41) is 2.96. The predicted octanol–water partition coefficient (Wildman–Crippen LogP) is 3.66. The summed E-state index contributed by atoms with van der Waals surface area (Å²) in [5.41, 5.74) is -0.428. The first-order valence-electron chi connectivity index (χ1n) is 8.37. The highest BCUT2D eigenvalue weighted by atomic mass is 16.6. The zero-order chi connectivity index (χ0) is 16.0. The van der Waals surface area contributed by atoms with Gasteiger partial charge in [0.2, 0.25) is 0 Å². The molecule has 1 amide bonds. The van der Waals surface area contributed by atoms with E-state index < -0.39 is 5.60 Å². The molecule has 0 aliphatic carbocycles. The molecular formula is C17H34N2O2. The second-order valence-electron chi connectivity index (χ2n) is 7.94. The number of rotatable bonds is 5. The van der Waals surface area contributed by atoms with Crippen molar-refractivity contribution in [2.75, 3.05) is 19.6 Å². The highest BCUT2D eigenvalue weighted by Crippen LogP contribution is 2.22. The Bertz CT molecular complexity index is 323. The minimum Gasteiger partial charge on any atom is -0.444 e. The molecule has 1 heterocycles. The van der Waals surface area contributed by atoms with Crippen LogP contribution in [-0.4, -0.2) is 42.3 Å². The van der Waals surface area contributed by atoms with Crippen molar-refractivity contribution >= 4 is 6.09 Å². The molecule has 1 rings (SSSR count). The third kappa shape index (κ3) is 8.30. The summed E-state index contributed by atoms with van der Waals surface area (Å²) in [6, 6.07) is 0.170. The van der Waals surface area contributed by atoms with Crippen molar-refractivity contribution in [2.45, 2.75) is 72.4 Å². The van der Waals surface area contributed by atoms with E-state index in [1.54, 1.807) is 0 Å². The van der Waals surface area contributed by atoms with E-state index in [9.17, 15) is 4.79 Å². The highest BCUT2D eigenvalue weighted by Gasteiger charge is 2.23. The lowest BCUT2D eigenvalue weighted by atomic mass is 9.91. The lowest BCUT2D eigenvalue weighted by molar-refractivity contribution is 0.0495. The van der Waals surface area contributed by atoms with Gasteiger partial charge in [-0.3, -0.25) is 0 Å². The molecule has 124 valence electrons. The van der Waals surface area contributed by atoms with Crippen LogP contribution in [-0.2, 0) is 4.74 Å². The smallest absolute Gasteiger partial charge is 0.407 e. The number of alkyl carbamates (subject to hydrolysis) is 1. The largest absolute Gasteiger partial charge is 0.444 e. The van der Waals surface area contributed by atoms with Crippen LogP contribution in [0.25, 0.3) is 0 Å². The van der Waals surface area contributed by atoms with E-state index in [-0.39, 0.29) is 12.1 Å². The lowest BCUT2D eigenvalue weighted by Crippen LogP contribution is -2.42. The molecule has 1 fully saturated rings. The minimum absolute atomic E-state index is 0.170. The molecular weight excluding hydrogens is 264 g/mol. The first-order chi connectivity index (χ1) is 9.65. The predicted molar refractivity (Wildman–Crippen MR) is 87.5 cm³/mol. The maximum absolute atomic E-state index is 11.8. The number of amides is 1. The normalized spacial score (nSPS) is 22.1. The number of hydrogen-bond acceptors (Lipinski definition) is 3. The Morgan fingerprint density at radius 2 is 2.00 bits per heavy atom. The van der Waals surface area contributed by atoms with E-state index in [1.807, 2.05) is 20.8 Å². The number of ether oxygens (including phenoxy) is 1. The first kappa shape index (κ1) is 18.3. The molecule has 0 radical (unpaired) electrons. The number of carbonyl (C=O) groups is 1. The van der Waals surface area contributed by atoms with Crippen LogP contribution in [0.2, 0.25) is 0 Å². The van der Waals surface area contributed by atoms with E-state index in [4.69, 9.17) is 4.74 Å². The van der Waals surface area contributed by atoms with Crippen molar-refractivity contribution in [2.24, 2.45) is 11.8 Å². The molecule has 1 aliphatic rings. The fourth-order valence-electron chi connectivity index (χ4n) is 3.09. The van der Waals surface area contributed by atoms with Gasteiger partial charge < -0.3 is 15.0 Å². The molecule has 0 spiro atoms. The van der Waals surface area contributed by atoms with Gasteiger partial charge in [-0.25, -0.2) is 4.79 Å². The van der Waals surface area contributed by atoms with Gasteiger partial charge in [-0.05, 0) is 65.3 Å². The molecule has 0 bridgehead atoms. The van der Waals surface area contributed by atoms with Crippen LogP contribution in [0.5, 0.6) is 0 Å². The van der Waals surface area contributed by atoms with Crippen LogP contribution in [0.3, 0.4) is 0 Å². The fourth-order valence-corrected chi connectivity index (χ4v) is 3.09. The second kappa shape index (κ2) is 8.02. The first-order valence-corrected chi connectivity index (χ1v) is 8.37. The van der Waals surface area contributed by atoms with E-state index in [0.29, 0.717) is 5.92 Å². The van der Waals surface area contributed by atoms with Gasteiger partial charge in [-0.2, -0.15) is 0 Å². The molecule has 21 heavy (non-hydrogen) atoms. The van der Waals surface area contributed by atoms with Crippen LogP contribution in [0.4, 0.5) is 4.79 Å². The van der Waals surface area contributed by atoms with E-state index in [0.717, 1.165) is 12.3 Å². The molecule has 1 aliphatic heterocycles. The number of likely N-dealkylation sites (tertiary alicyclic amines) is 1. The van der Waals surface area contributed by atoms with Gasteiger partial charge in [0.15, 0.2) is 0 Å². The van der Waals surface area contributed by atoms with Crippen molar-refractivity contribution in [3.8, 4) is 0 Å². The lowest BCUT2D eigenvalue weighted by Gasteiger charge is -2.35. The number of nitrogens with zero attached hydrogens (tertiary/aromatic N) is 1. The summed E-state index contributed by atoms with van der Waals surface area (Å²) >= 11 is 0. The zero-order valence-corrected chi connectivity index (χ0v) is 14.7. The summed E-state index contributed by atoms with van der Waals surface area (Å²) < 4.78 is 5.31. The van der Waals surface area contributed by atoms with Crippen molar-refractivity contribution in [3.63, 3.8) is 0 Å². The SMILES string of the molecule is CC(C)CN1CCCC(CC(C)NC(=O)OC(C)(C)C)C1. The quantitative estimate of drug-likeness (QED) is 0.842. The summed E-state index contributed by atoms with van der Waals surface area (Å²) in [6.45, 7) is 15.9. The maximum atomic E-state index is 11.8. The number of nitrogens with one attached hydrogen (secondary N) is 1. The van der Waals surface area contributed by atoms with Crippen molar-refractivity contribution in [3.05, 3.63) is 0 Å². The van der Waals surface area contributed by atoms with Gasteiger partial charge in [-0.1, -0.05) is 13.8 Å². The molecule has 0 aromatic heterocycles. The Morgan fingerprint density at radius 1 is 1.33 bits per heavy atom. The van der Waals surface area contributed by atoms with Crippen LogP contribution in [0, 0.1) is 11.8 Å². The van der Waals surface area contributed by atoms with Gasteiger partial charge in [0.05, 0.1) is 0 Å². The fraction of sp³-hybridized carbons (Fsp3) is 0.941. The van der Waals surface area contributed by atoms with Gasteiger partial charge in [0.1, 0.15) is 5.60 Å². The van der Waals surface area contributed by atoms with E-state index in [2.05, 4.69) is 31.0 Å². The summed E-state index contributed by atoms with van der Waals surface area (Å²) in [4.78, 5) is 14.3. The van der Waals surface area contributed by atoms with E-state index >= 15 is 0 Å². The molecule has 0 aromatic rings. The Labute approximate surface area is 130 Å². The summed E-state index contributed by atoms with van der Waals surface area (Å²) in [6.07, 6.45) is 3.28. The molecule has 4 heteroatoms. The molecule has 2 atom stereocenters. The zero-order valence-electron chi connectivity index (χ0n) is 14.7. The van der Waals surface area contributed by atoms with Gasteiger partial charge in [0.25, 0.3) is 0 Å². The monoisotopic (exact) mass is 298 g/mol. The Morgan fingerprint density at radius 3 is 2.57 bits per heavy atom. The topological polar surface area (TPSA) is 41.6 Å². The summed E-state index contributed by atoms with van der Waals surface area (Å²) in [7, 11) is 0. The average Bonchev–Trinajstić information content (AvgIpc) is 2.24. The molecule has 1 saturated heterocycles. The van der Waals surface area contributed by atoms with Gasteiger partial charge >= 0.3 is 6.09 Å². The third-order valence-corrected chi connectivity index (χ3v) is 3.68. The molecule has 2 unspecified atom stereocenters. The molecule has 0 saturated carbocycles. The third-order valence-electron chi connectivity index (χ3n) is 3.68. The van der Waals surface area contributed by atoms with Crippen LogP contribution in [0.15, 0.2) is 0 Å². The molecule has 0 aromatic carbocycles. The van der Waals surface area contributed by atoms with Crippen LogP contribution < -0.4 is 5.32 Å². The standard InChI is InChI=1S/C17H34N2O2/c1-13(2)11-19-9-7-8-15(12-19)10-14(3)18-16(20)21-17(4,5)6/h13-15H,7-12H2,1-6H3,(H,18,20). The minimum atomic E-state index is -0.428. The molecule has 1 N–H and O–H groups in total. The van der Waals surface area contributed by atoms with Crippen molar-refractivity contribution < 1.29 is 9.53 Å². The Kier molecular flexibility index (Phi) is 6.98. The van der Waals surface area contributed by atoms with Crippen molar-refractivity contribution in [1.82, 2.24) is 10.2 Å². The molecule has 4 nitrogen and oxygen atoms in total. The number of hydrogen-bond donors (Lipinski definition) is 1. The van der Waals surface area contributed by atoms with Crippen molar-refractivity contribution in [1.29, 1.82) is 0 Å².